The van der Waals surface area contributed by atoms with Crippen LogP contribution in [-0.4, -0.2) is 50.4 Å². The molecule has 10 nitrogen and oxygen atoms in total. The van der Waals surface area contributed by atoms with E-state index in [-0.39, 0.29) is 32.9 Å². The van der Waals surface area contributed by atoms with Crippen LogP contribution in [0.25, 0.3) is 0 Å². The van der Waals surface area contributed by atoms with Gasteiger partial charge in [-0.25, -0.2) is 0 Å². The van der Waals surface area contributed by atoms with Gasteiger partial charge >= 0.3 is 51.9 Å². The van der Waals surface area contributed by atoms with E-state index in [9.17, 15) is 0 Å². The van der Waals surface area contributed by atoms with Crippen LogP contribution in [0, 0.1) is 0 Å². The van der Waals surface area contributed by atoms with Gasteiger partial charge in [-0.3, -0.25) is 9.11 Å². The van der Waals surface area contributed by atoms with E-state index >= 15 is 0 Å². The van der Waals surface area contributed by atoms with Crippen LogP contribution in [0.4, 0.5) is 0 Å². The van der Waals surface area contributed by atoms with Gasteiger partial charge in [0.1, 0.15) is 0 Å². The summed E-state index contributed by atoms with van der Waals surface area (Å²) in [5, 5.41) is 0. The van der Waals surface area contributed by atoms with E-state index in [1.807, 2.05) is 0 Å². The predicted molar refractivity (Wildman–Crippen MR) is 53.4 cm³/mol. The van der Waals surface area contributed by atoms with Gasteiger partial charge < -0.3 is 32.9 Å². The minimum atomic E-state index is -4.67. The summed E-state index contributed by atoms with van der Waals surface area (Å²) in [6, 6.07) is 0. The van der Waals surface area contributed by atoms with Crippen LogP contribution in [0.1, 0.15) is 0 Å². The van der Waals surface area contributed by atoms with Crippen LogP contribution < -0.4 is 0 Å². The van der Waals surface area contributed by atoms with Gasteiger partial charge in [0, 0.05) is 0 Å². The summed E-state index contributed by atoms with van der Waals surface area (Å²) in [7, 11) is 10.1. The zero-order valence-corrected chi connectivity index (χ0v) is 11.0. The average molecular weight is 365 g/mol. The fourth-order valence-electron chi connectivity index (χ4n) is 0. The summed E-state index contributed by atoms with van der Waals surface area (Å²) >= 11 is -1.62. The van der Waals surface area contributed by atoms with E-state index in [4.69, 9.17) is 47.7 Å². The third-order valence-corrected chi connectivity index (χ3v) is 0. The van der Waals surface area contributed by atoms with Crippen LogP contribution in [0.15, 0.2) is 0 Å². The van der Waals surface area contributed by atoms with Crippen molar-refractivity contribution in [3.63, 3.8) is 0 Å². The topological polar surface area (TPSA) is 264 Å². The van der Waals surface area contributed by atoms with Gasteiger partial charge in [0.25, 0.3) is 0 Å². The third kappa shape index (κ3) is 2400. The molecule has 0 aliphatic rings. The summed E-state index contributed by atoms with van der Waals surface area (Å²) in [6.45, 7) is 0. The second kappa shape index (κ2) is 29.4. The minimum absolute atomic E-state index is 0. The molecule has 0 aromatic rings. The quantitative estimate of drug-likeness (QED) is 0.413. The van der Waals surface area contributed by atoms with Crippen molar-refractivity contribution in [2.24, 2.45) is 0 Å². The van der Waals surface area contributed by atoms with Gasteiger partial charge in [0.15, 0.2) is 0 Å². The standard InChI is InChI=1S/3ClH.Cr.H2O4S.6H2O/c;;;;1-5(2,3)4;;;;;;/h3*1H;;(H2,1,2,3,4);6*1H2/q;;;+3;;;;;;;/p-3. The average Bonchev–Trinajstić information content (AvgIpc) is 1.19. The Hall–Kier alpha value is 1.03. The maximum atomic E-state index is 8.74. The molecule has 0 unspecified atom stereocenters. The molecular weight excluding hydrogens is 350 g/mol. The Kier molecular flexibility index (Phi) is 110. The van der Waals surface area contributed by atoms with Gasteiger partial charge in [0.05, 0.1) is 0 Å². The molecule has 15 heteroatoms. The molecule has 0 radical (unpaired) electrons. The third-order valence-electron chi connectivity index (χ3n) is 0. The molecule has 0 saturated heterocycles. The first-order valence-corrected chi connectivity index (χ1v) is 7.82. The molecule has 0 heterocycles. The van der Waals surface area contributed by atoms with E-state index in [2.05, 4.69) is 0 Å². The molecule has 0 spiro atoms. The monoisotopic (exact) mass is 363 g/mol. The van der Waals surface area contributed by atoms with Gasteiger partial charge in [-0.05, 0) is 0 Å². The molecule has 0 saturated carbocycles. The van der Waals surface area contributed by atoms with E-state index in [0.29, 0.717) is 0 Å². The molecule has 14 N–H and O–H groups in total. The van der Waals surface area contributed by atoms with Gasteiger partial charge in [-0.15, -0.1) is 0 Å². The van der Waals surface area contributed by atoms with Gasteiger partial charge in [-0.1, -0.05) is 0 Å². The first-order chi connectivity index (χ1) is 3.73. The van der Waals surface area contributed by atoms with Crippen molar-refractivity contribution in [1.82, 2.24) is 0 Å². The molecule has 0 aliphatic heterocycles. The Morgan fingerprint density at radius 3 is 0.733 bits per heavy atom. The van der Waals surface area contributed by atoms with E-state index in [1.165, 1.54) is 0 Å². The van der Waals surface area contributed by atoms with Crippen molar-refractivity contribution in [2.75, 3.05) is 0 Å². The molecule has 0 rings (SSSR count). The van der Waals surface area contributed by atoms with Gasteiger partial charge in [0.2, 0.25) is 0 Å². The molecule has 0 aromatic heterocycles. The zero-order valence-electron chi connectivity index (χ0n) is 6.66. The molecule has 0 fully saturated rings. The van der Waals surface area contributed by atoms with Crippen molar-refractivity contribution in [2.45, 2.75) is 0 Å². The summed E-state index contributed by atoms with van der Waals surface area (Å²) in [6.07, 6.45) is 0. The maximum absolute atomic E-state index is 8.74. The first kappa shape index (κ1) is 56.2. The second-order valence-corrected chi connectivity index (χ2v) is 7.84. The summed E-state index contributed by atoms with van der Waals surface area (Å²) in [5.41, 5.74) is 0. The molecule has 0 aliphatic carbocycles. The Bertz CT molecular complexity index is 132. The van der Waals surface area contributed by atoms with Crippen LogP contribution in [-0.2, 0) is 21.8 Å². The summed E-state index contributed by atoms with van der Waals surface area (Å²) in [4.78, 5) is 0. The summed E-state index contributed by atoms with van der Waals surface area (Å²) in [5.74, 6) is 0. The number of halogens is 3. The SMILES string of the molecule is O.O.O.O.O.O.O=S(=O)(O)O.[Cl][Cr]([Cl])[Cl]. The molecule has 0 amide bonds. The fraction of sp³-hybridized carbons (Fsp3) is 0. The molecule has 15 heavy (non-hydrogen) atoms. The van der Waals surface area contributed by atoms with E-state index in [1.54, 1.807) is 0 Å². The second-order valence-electron chi connectivity index (χ2n) is 0.623. The molecule has 0 atom stereocenters. The van der Waals surface area contributed by atoms with Crippen molar-refractivity contribution in [1.29, 1.82) is 0 Å². The first-order valence-electron chi connectivity index (χ1n) is 1.16. The number of hydrogen-bond donors (Lipinski definition) is 2. The number of hydrogen-bond acceptors (Lipinski definition) is 2. The fourth-order valence-corrected chi connectivity index (χ4v) is 0. The van der Waals surface area contributed by atoms with Crippen molar-refractivity contribution in [3.8, 4) is 0 Å². The van der Waals surface area contributed by atoms with Crippen LogP contribution in [0.5, 0.6) is 0 Å². The normalized spacial score (nSPS) is 6.27. The molecule has 107 valence electrons. The Balaban J connectivity index is -0.00000000785. The Labute approximate surface area is 102 Å². The molecule has 0 bridgehead atoms. The van der Waals surface area contributed by atoms with Crippen molar-refractivity contribution in [3.05, 3.63) is 0 Å². The van der Waals surface area contributed by atoms with E-state index < -0.39 is 21.8 Å². The van der Waals surface area contributed by atoms with Crippen LogP contribution in [0.2, 0.25) is 0 Å². The zero-order chi connectivity index (χ0) is 8.08. The molecule has 0 aromatic carbocycles. The van der Waals surface area contributed by atoms with Crippen molar-refractivity contribution >= 4 is 40.5 Å². The predicted octanol–water partition coefficient (Wildman–Crippen LogP) is -3.54. The molecular formula is H14Cl3CrO10S. The van der Waals surface area contributed by atoms with Crippen LogP contribution in [0.3, 0.4) is 0 Å². The Morgan fingerprint density at radius 2 is 0.733 bits per heavy atom. The summed E-state index contributed by atoms with van der Waals surface area (Å²) < 4.78 is 31.6. The van der Waals surface area contributed by atoms with Crippen LogP contribution >= 0.6 is 30.1 Å². The van der Waals surface area contributed by atoms with E-state index in [0.717, 1.165) is 0 Å². The van der Waals surface area contributed by atoms with Gasteiger partial charge in [-0.2, -0.15) is 8.42 Å². The Morgan fingerprint density at radius 1 is 0.733 bits per heavy atom. The van der Waals surface area contributed by atoms with Crippen molar-refractivity contribution < 1.29 is 61.8 Å². The number of rotatable bonds is 0.